The van der Waals surface area contributed by atoms with Crippen LogP contribution in [0.4, 0.5) is 0 Å². The van der Waals surface area contributed by atoms with Gasteiger partial charge in [0.25, 0.3) is 0 Å². The first kappa shape index (κ1) is 15.9. The molecule has 0 aromatic heterocycles. The molecule has 1 aromatic rings. The Morgan fingerprint density at radius 3 is 2.70 bits per heavy atom. The second-order valence-corrected chi connectivity index (χ2v) is 5.75. The lowest BCUT2D eigenvalue weighted by Crippen LogP contribution is -2.44. The molecule has 20 heavy (non-hydrogen) atoms. The highest BCUT2D eigenvalue weighted by Crippen LogP contribution is 2.36. The molecule has 1 aliphatic rings. The van der Waals surface area contributed by atoms with E-state index >= 15 is 0 Å². The fraction of sp³-hybridized carbons (Fsp3) is 0.571. The molecule has 1 fully saturated rings. The van der Waals surface area contributed by atoms with Gasteiger partial charge in [0.2, 0.25) is 0 Å². The molecule has 0 aliphatic carbocycles. The number of hydrogen-bond acceptors (Lipinski definition) is 4. The maximum Gasteiger partial charge on any atom is 0.143 e. The first-order chi connectivity index (χ1) is 9.61. The van der Waals surface area contributed by atoms with Crippen LogP contribution in [-0.4, -0.2) is 49.8 Å². The lowest BCUT2D eigenvalue weighted by Gasteiger charge is -2.28. The van der Waals surface area contributed by atoms with E-state index in [0.29, 0.717) is 27.8 Å². The maximum absolute atomic E-state index is 10.4. The van der Waals surface area contributed by atoms with E-state index < -0.39 is 6.10 Å². The minimum absolute atomic E-state index is 0.427. The molecule has 0 saturated carbocycles. The highest BCUT2D eigenvalue weighted by atomic mass is 35.5. The Labute approximate surface area is 129 Å². The minimum Gasteiger partial charge on any atom is -0.495 e. The summed E-state index contributed by atoms with van der Waals surface area (Å²) < 4.78 is 5.27. The Kier molecular flexibility index (Phi) is 5.93. The number of ether oxygens (including phenoxy) is 1. The van der Waals surface area contributed by atoms with Gasteiger partial charge < -0.3 is 20.1 Å². The van der Waals surface area contributed by atoms with Crippen molar-refractivity contribution in [3.63, 3.8) is 0 Å². The number of piperazine rings is 1. The number of rotatable bonds is 5. The van der Waals surface area contributed by atoms with Crippen molar-refractivity contribution in [2.75, 3.05) is 39.8 Å². The van der Waals surface area contributed by atoms with E-state index in [1.54, 1.807) is 19.2 Å². The van der Waals surface area contributed by atoms with E-state index in [1.165, 1.54) is 0 Å². The second-order valence-electron chi connectivity index (χ2n) is 4.91. The normalized spacial score (nSPS) is 18.0. The van der Waals surface area contributed by atoms with E-state index in [-0.39, 0.29) is 0 Å². The summed E-state index contributed by atoms with van der Waals surface area (Å²) in [4.78, 5) is 2.33. The van der Waals surface area contributed by atoms with Gasteiger partial charge in [-0.05, 0) is 18.6 Å². The van der Waals surface area contributed by atoms with Crippen LogP contribution in [0.15, 0.2) is 12.1 Å². The predicted octanol–water partition coefficient (Wildman–Crippen LogP) is 2.33. The van der Waals surface area contributed by atoms with Crippen LogP contribution in [0.1, 0.15) is 18.1 Å². The zero-order valence-electron chi connectivity index (χ0n) is 11.5. The number of halogens is 2. The number of methoxy groups -OCH3 is 1. The molecular weight excluding hydrogens is 299 g/mol. The van der Waals surface area contributed by atoms with Gasteiger partial charge in [-0.2, -0.15) is 0 Å². The van der Waals surface area contributed by atoms with E-state index in [9.17, 15) is 5.11 Å². The number of nitrogens with zero attached hydrogens (tertiary/aromatic N) is 1. The molecule has 112 valence electrons. The van der Waals surface area contributed by atoms with Crippen molar-refractivity contribution in [1.82, 2.24) is 10.2 Å². The number of hydrogen-bond donors (Lipinski definition) is 2. The van der Waals surface area contributed by atoms with Gasteiger partial charge in [-0.25, -0.2) is 0 Å². The number of nitrogens with one attached hydrogen (secondary N) is 1. The van der Waals surface area contributed by atoms with E-state index in [2.05, 4.69) is 10.2 Å². The van der Waals surface area contributed by atoms with Crippen LogP contribution in [0.25, 0.3) is 0 Å². The number of benzene rings is 1. The predicted molar refractivity (Wildman–Crippen MR) is 81.9 cm³/mol. The van der Waals surface area contributed by atoms with Crippen molar-refractivity contribution in [2.45, 2.75) is 12.5 Å². The summed E-state index contributed by atoms with van der Waals surface area (Å²) >= 11 is 12.1. The molecule has 2 rings (SSSR count). The summed E-state index contributed by atoms with van der Waals surface area (Å²) in [5, 5.41) is 14.6. The highest BCUT2D eigenvalue weighted by molar-refractivity contribution is 6.35. The maximum atomic E-state index is 10.4. The summed E-state index contributed by atoms with van der Waals surface area (Å²) in [6, 6.07) is 3.34. The highest BCUT2D eigenvalue weighted by Gasteiger charge is 2.19. The van der Waals surface area contributed by atoms with Crippen molar-refractivity contribution >= 4 is 23.2 Å². The molecule has 1 atom stereocenters. The molecule has 0 spiro atoms. The van der Waals surface area contributed by atoms with Gasteiger partial charge in [-0.1, -0.05) is 23.2 Å². The van der Waals surface area contributed by atoms with Crippen molar-refractivity contribution in [1.29, 1.82) is 0 Å². The van der Waals surface area contributed by atoms with Crippen molar-refractivity contribution < 1.29 is 9.84 Å². The van der Waals surface area contributed by atoms with Crippen LogP contribution in [0.3, 0.4) is 0 Å². The molecule has 1 unspecified atom stereocenters. The Morgan fingerprint density at radius 2 is 2.05 bits per heavy atom. The van der Waals surface area contributed by atoms with Gasteiger partial charge in [-0.15, -0.1) is 0 Å². The first-order valence-electron chi connectivity index (χ1n) is 6.76. The topological polar surface area (TPSA) is 44.7 Å². The SMILES string of the molecule is COc1c(Cl)cc(Cl)cc1C(O)CCN1CCNCC1. The monoisotopic (exact) mass is 318 g/mol. The number of aliphatic hydroxyl groups excluding tert-OH is 1. The third-order valence-corrected chi connectivity index (χ3v) is 4.03. The standard InChI is InChI=1S/C14H20Cl2N2O2/c1-20-14-11(8-10(15)9-12(14)16)13(19)2-5-18-6-3-17-4-7-18/h8-9,13,17,19H,2-7H2,1H3. The van der Waals surface area contributed by atoms with Gasteiger partial charge in [-0.3, -0.25) is 0 Å². The van der Waals surface area contributed by atoms with E-state index in [1.807, 2.05) is 0 Å². The molecular formula is C14H20Cl2N2O2. The summed E-state index contributed by atoms with van der Waals surface area (Å²) in [5.41, 5.74) is 0.653. The van der Waals surface area contributed by atoms with Crippen LogP contribution in [0.2, 0.25) is 10.0 Å². The van der Waals surface area contributed by atoms with Gasteiger partial charge in [0.05, 0.1) is 18.2 Å². The van der Waals surface area contributed by atoms with Gasteiger partial charge >= 0.3 is 0 Å². The third kappa shape index (κ3) is 3.99. The molecule has 0 bridgehead atoms. The minimum atomic E-state index is -0.629. The van der Waals surface area contributed by atoms with E-state index in [4.69, 9.17) is 27.9 Å². The van der Waals surface area contributed by atoms with Crippen LogP contribution in [0.5, 0.6) is 5.75 Å². The third-order valence-electron chi connectivity index (χ3n) is 3.53. The smallest absolute Gasteiger partial charge is 0.143 e. The molecule has 0 amide bonds. The van der Waals surface area contributed by atoms with Crippen LogP contribution < -0.4 is 10.1 Å². The lowest BCUT2D eigenvalue weighted by molar-refractivity contribution is 0.134. The van der Waals surface area contributed by atoms with Crippen LogP contribution in [0, 0.1) is 0 Å². The quantitative estimate of drug-likeness (QED) is 0.874. The Bertz CT molecular complexity index is 451. The summed E-state index contributed by atoms with van der Waals surface area (Å²) in [6.45, 7) is 4.88. The fourth-order valence-corrected chi connectivity index (χ4v) is 3.02. The largest absolute Gasteiger partial charge is 0.495 e. The molecule has 1 aliphatic heterocycles. The molecule has 1 aromatic carbocycles. The van der Waals surface area contributed by atoms with Crippen molar-refractivity contribution in [2.24, 2.45) is 0 Å². The second kappa shape index (κ2) is 7.48. The van der Waals surface area contributed by atoms with E-state index in [0.717, 1.165) is 32.7 Å². The molecule has 4 nitrogen and oxygen atoms in total. The van der Waals surface area contributed by atoms with Crippen LogP contribution in [-0.2, 0) is 0 Å². The Balaban J connectivity index is 2.02. The Morgan fingerprint density at radius 1 is 1.35 bits per heavy atom. The molecule has 0 radical (unpaired) electrons. The van der Waals surface area contributed by atoms with Gasteiger partial charge in [0, 0.05) is 43.3 Å². The zero-order chi connectivity index (χ0) is 14.5. The summed E-state index contributed by atoms with van der Waals surface area (Å²) in [6.07, 6.45) is 0.00330. The van der Waals surface area contributed by atoms with Crippen LogP contribution >= 0.6 is 23.2 Å². The average Bonchev–Trinajstić information content (AvgIpc) is 2.45. The molecule has 1 heterocycles. The molecule has 6 heteroatoms. The fourth-order valence-electron chi connectivity index (χ4n) is 2.44. The first-order valence-corrected chi connectivity index (χ1v) is 7.51. The average molecular weight is 319 g/mol. The zero-order valence-corrected chi connectivity index (χ0v) is 13.0. The van der Waals surface area contributed by atoms with Gasteiger partial charge in [0.15, 0.2) is 0 Å². The molecule has 1 saturated heterocycles. The Hall–Kier alpha value is -0.520. The number of aliphatic hydroxyl groups is 1. The lowest BCUT2D eigenvalue weighted by atomic mass is 10.0. The summed E-state index contributed by atoms with van der Waals surface area (Å²) in [5.74, 6) is 0.504. The summed E-state index contributed by atoms with van der Waals surface area (Å²) in [7, 11) is 1.54. The van der Waals surface area contributed by atoms with Gasteiger partial charge in [0.1, 0.15) is 5.75 Å². The van der Waals surface area contributed by atoms with Crippen molar-refractivity contribution in [3.05, 3.63) is 27.7 Å². The van der Waals surface area contributed by atoms with Crippen molar-refractivity contribution in [3.8, 4) is 5.75 Å². The molecule has 2 N–H and O–H groups in total.